The first-order chi connectivity index (χ1) is 13.3. The number of ether oxygens (including phenoxy) is 2. The summed E-state index contributed by atoms with van der Waals surface area (Å²) in [6, 6.07) is 17.7. The second-order valence-electron chi connectivity index (χ2n) is 7.67. The molecule has 0 aromatic heterocycles. The number of halogens is 1. The normalized spacial score (nSPS) is 13.0. The highest BCUT2D eigenvalue weighted by atomic mass is 35.5. The van der Waals surface area contributed by atoms with E-state index in [1.165, 1.54) is 5.56 Å². The SMILES string of the molecule is COc1ccc(CC(C)(C)NC[C@@H](O)COc2ccc([C@@H](C)C#N)cc2)cc1.Cl. The molecule has 0 saturated carbocycles. The zero-order valence-corrected chi connectivity index (χ0v) is 18.3. The van der Waals surface area contributed by atoms with Crippen molar-refractivity contribution < 1.29 is 14.6 Å². The Morgan fingerprint density at radius 1 is 1.07 bits per heavy atom. The zero-order chi connectivity index (χ0) is 20.6. The van der Waals surface area contributed by atoms with E-state index in [0.29, 0.717) is 12.3 Å². The van der Waals surface area contributed by atoms with E-state index in [2.05, 4.69) is 37.4 Å². The third kappa shape index (κ3) is 8.33. The van der Waals surface area contributed by atoms with Gasteiger partial charge in [0.15, 0.2) is 0 Å². The van der Waals surface area contributed by atoms with Gasteiger partial charge in [-0.1, -0.05) is 24.3 Å². The van der Waals surface area contributed by atoms with Gasteiger partial charge in [0.05, 0.1) is 19.1 Å². The molecule has 0 heterocycles. The van der Waals surface area contributed by atoms with E-state index in [9.17, 15) is 5.11 Å². The van der Waals surface area contributed by atoms with Crippen molar-refractivity contribution in [2.24, 2.45) is 0 Å². The Labute approximate surface area is 180 Å². The van der Waals surface area contributed by atoms with E-state index >= 15 is 0 Å². The Kier molecular flexibility index (Phi) is 9.97. The van der Waals surface area contributed by atoms with Gasteiger partial charge < -0.3 is 19.9 Å². The van der Waals surface area contributed by atoms with Gasteiger partial charge in [0.2, 0.25) is 0 Å². The molecule has 6 heteroatoms. The Bertz CT molecular complexity index is 770. The maximum atomic E-state index is 10.2. The first-order valence-corrected chi connectivity index (χ1v) is 9.51. The molecule has 0 bridgehead atoms. The first-order valence-electron chi connectivity index (χ1n) is 9.51. The molecule has 2 atom stereocenters. The van der Waals surface area contributed by atoms with E-state index in [1.807, 2.05) is 43.3 Å². The minimum absolute atomic E-state index is 0. The lowest BCUT2D eigenvalue weighted by molar-refractivity contribution is 0.0988. The number of aliphatic hydroxyl groups is 1. The summed E-state index contributed by atoms with van der Waals surface area (Å²) < 4.78 is 10.8. The van der Waals surface area contributed by atoms with Crippen LogP contribution in [-0.2, 0) is 6.42 Å². The fourth-order valence-corrected chi connectivity index (χ4v) is 2.89. The molecule has 0 aliphatic rings. The molecule has 2 aromatic carbocycles. The number of nitrogens with zero attached hydrogens (tertiary/aromatic N) is 1. The van der Waals surface area contributed by atoms with Crippen LogP contribution in [0.3, 0.4) is 0 Å². The van der Waals surface area contributed by atoms with Crippen molar-refractivity contribution in [1.82, 2.24) is 5.32 Å². The van der Waals surface area contributed by atoms with Crippen LogP contribution in [0, 0.1) is 11.3 Å². The second-order valence-corrected chi connectivity index (χ2v) is 7.67. The van der Waals surface area contributed by atoms with Crippen molar-refractivity contribution in [3.8, 4) is 17.6 Å². The van der Waals surface area contributed by atoms with Crippen LogP contribution in [0.1, 0.15) is 37.8 Å². The van der Waals surface area contributed by atoms with Crippen molar-refractivity contribution in [1.29, 1.82) is 5.26 Å². The lowest BCUT2D eigenvalue weighted by Crippen LogP contribution is -2.46. The van der Waals surface area contributed by atoms with Gasteiger partial charge in [-0.25, -0.2) is 0 Å². The summed E-state index contributed by atoms with van der Waals surface area (Å²) in [7, 11) is 1.66. The molecule has 0 aliphatic heterocycles. The molecule has 2 rings (SSSR count). The van der Waals surface area contributed by atoms with Crippen LogP contribution in [0.25, 0.3) is 0 Å². The minimum Gasteiger partial charge on any atom is -0.497 e. The van der Waals surface area contributed by atoms with Crippen LogP contribution in [0.4, 0.5) is 0 Å². The van der Waals surface area contributed by atoms with Crippen LogP contribution in [0.2, 0.25) is 0 Å². The van der Waals surface area contributed by atoms with Gasteiger partial charge >= 0.3 is 0 Å². The molecule has 0 spiro atoms. The average Bonchev–Trinajstić information content (AvgIpc) is 2.71. The van der Waals surface area contributed by atoms with Gasteiger partial charge in [-0.15, -0.1) is 12.4 Å². The molecule has 0 amide bonds. The van der Waals surface area contributed by atoms with Crippen molar-refractivity contribution in [2.75, 3.05) is 20.3 Å². The first kappa shape index (κ1) is 24.8. The molecular weight excluding hydrogens is 388 g/mol. The lowest BCUT2D eigenvalue weighted by atomic mass is 9.94. The highest BCUT2D eigenvalue weighted by Crippen LogP contribution is 2.19. The summed E-state index contributed by atoms with van der Waals surface area (Å²) in [5.41, 5.74) is 2.00. The summed E-state index contributed by atoms with van der Waals surface area (Å²) in [5.74, 6) is 1.39. The molecule has 158 valence electrons. The minimum atomic E-state index is -0.618. The maximum Gasteiger partial charge on any atom is 0.119 e. The second kappa shape index (κ2) is 11.7. The summed E-state index contributed by atoms with van der Waals surface area (Å²) in [4.78, 5) is 0. The number of methoxy groups -OCH3 is 1. The van der Waals surface area contributed by atoms with Crippen molar-refractivity contribution in [3.63, 3.8) is 0 Å². The van der Waals surface area contributed by atoms with Crippen molar-refractivity contribution in [3.05, 3.63) is 59.7 Å². The topological polar surface area (TPSA) is 74.5 Å². The summed E-state index contributed by atoms with van der Waals surface area (Å²) in [6.45, 7) is 6.73. The molecule has 0 unspecified atom stereocenters. The number of rotatable bonds is 10. The smallest absolute Gasteiger partial charge is 0.119 e. The van der Waals surface area contributed by atoms with Gasteiger partial charge in [0, 0.05) is 12.1 Å². The monoisotopic (exact) mass is 418 g/mol. The number of nitrogens with one attached hydrogen (secondary N) is 1. The molecule has 5 nitrogen and oxygen atoms in total. The van der Waals surface area contributed by atoms with Crippen LogP contribution >= 0.6 is 12.4 Å². The fourth-order valence-electron chi connectivity index (χ4n) is 2.89. The van der Waals surface area contributed by atoms with E-state index in [4.69, 9.17) is 14.7 Å². The number of hydrogen-bond donors (Lipinski definition) is 2. The van der Waals surface area contributed by atoms with E-state index in [-0.39, 0.29) is 30.5 Å². The predicted octanol–water partition coefficient (Wildman–Crippen LogP) is 4.09. The van der Waals surface area contributed by atoms with Gasteiger partial charge in [0.1, 0.15) is 24.2 Å². The highest BCUT2D eigenvalue weighted by Gasteiger charge is 2.19. The van der Waals surface area contributed by atoms with Gasteiger partial charge in [-0.2, -0.15) is 5.26 Å². The number of aliphatic hydroxyl groups excluding tert-OH is 1. The Morgan fingerprint density at radius 2 is 1.66 bits per heavy atom. The third-order valence-electron chi connectivity index (χ3n) is 4.64. The van der Waals surface area contributed by atoms with E-state index in [0.717, 1.165) is 17.7 Å². The van der Waals surface area contributed by atoms with Gasteiger partial charge in [-0.3, -0.25) is 0 Å². The standard InChI is InChI=1S/C23H30N2O3.ClH/c1-17(14-24)19-7-11-22(12-8-19)28-16-20(26)15-25-23(2,3)13-18-5-9-21(27-4)10-6-18;/h5-12,17,20,25-26H,13,15-16H2,1-4H3;1H/t17-,20+;/m0./s1. The number of β-amino-alcohol motifs (C(OH)–C–C–N with tert-alkyl or cyclic N) is 1. The summed E-state index contributed by atoms with van der Waals surface area (Å²) in [6.07, 6.45) is 0.219. The molecule has 0 fully saturated rings. The number of nitriles is 1. The molecule has 29 heavy (non-hydrogen) atoms. The van der Waals surface area contributed by atoms with E-state index in [1.54, 1.807) is 7.11 Å². The number of benzene rings is 2. The summed E-state index contributed by atoms with van der Waals surface area (Å²) >= 11 is 0. The van der Waals surface area contributed by atoms with Crippen LogP contribution in [0.5, 0.6) is 11.5 Å². The Balaban J connectivity index is 0.00000420. The summed E-state index contributed by atoms with van der Waals surface area (Å²) in [5, 5.41) is 22.6. The molecule has 2 aromatic rings. The van der Waals surface area contributed by atoms with Crippen LogP contribution < -0.4 is 14.8 Å². The van der Waals surface area contributed by atoms with Crippen LogP contribution in [-0.4, -0.2) is 37.0 Å². The van der Waals surface area contributed by atoms with Crippen molar-refractivity contribution in [2.45, 2.75) is 44.8 Å². The van der Waals surface area contributed by atoms with E-state index < -0.39 is 6.10 Å². The fraction of sp³-hybridized carbons (Fsp3) is 0.435. The van der Waals surface area contributed by atoms with Crippen molar-refractivity contribution >= 4 is 12.4 Å². The quantitative estimate of drug-likeness (QED) is 0.607. The lowest BCUT2D eigenvalue weighted by Gasteiger charge is -2.28. The Morgan fingerprint density at radius 3 is 2.21 bits per heavy atom. The predicted molar refractivity (Wildman–Crippen MR) is 118 cm³/mol. The molecule has 0 radical (unpaired) electrons. The van der Waals surface area contributed by atoms with Gasteiger partial charge in [-0.05, 0) is 62.6 Å². The maximum absolute atomic E-state index is 10.2. The van der Waals surface area contributed by atoms with Crippen LogP contribution in [0.15, 0.2) is 48.5 Å². The molecule has 0 aliphatic carbocycles. The molecule has 2 N–H and O–H groups in total. The zero-order valence-electron chi connectivity index (χ0n) is 17.5. The Hall–Kier alpha value is -2.26. The van der Waals surface area contributed by atoms with Gasteiger partial charge in [0.25, 0.3) is 0 Å². The molecule has 0 saturated heterocycles. The largest absolute Gasteiger partial charge is 0.497 e. The third-order valence-corrected chi connectivity index (χ3v) is 4.64. The molecular formula is C23H31ClN2O3. The average molecular weight is 419 g/mol. The highest BCUT2D eigenvalue weighted by molar-refractivity contribution is 5.85. The number of hydrogen-bond acceptors (Lipinski definition) is 5.